The highest BCUT2D eigenvalue weighted by atomic mass is 35.5. The SMILES string of the molecule is CC(C)C(=N)Sc1ccccc1.Cl. The van der Waals surface area contributed by atoms with Crippen LogP contribution in [0.4, 0.5) is 0 Å². The van der Waals surface area contributed by atoms with Crippen molar-refractivity contribution >= 4 is 29.2 Å². The molecule has 1 nitrogen and oxygen atoms in total. The Morgan fingerprint density at radius 2 is 1.77 bits per heavy atom. The van der Waals surface area contributed by atoms with Crippen LogP contribution in [0.2, 0.25) is 0 Å². The van der Waals surface area contributed by atoms with Gasteiger partial charge in [0.15, 0.2) is 0 Å². The van der Waals surface area contributed by atoms with E-state index in [9.17, 15) is 0 Å². The standard InChI is InChI=1S/C10H13NS.ClH/c1-8(2)10(11)12-9-6-4-3-5-7-9;/h3-8,11H,1-2H3;1H. The lowest BCUT2D eigenvalue weighted by atomic mass is 10.2. The Hall–Kier alpha value is -0.470. The maximum absolute atomic E-state index is 7.64. The van der Waals surface area contributed by atoms with Crippen LogP contribution >= 0.6 is 24.2 Å². The Labute approximate surface area is 89.9 Å². The third-order valence-electron chi connectivity index (χ3n) is 1.50. The summed E-state index contributed by atoms with van der Waals surface area (Å²) in [5, 5.41) is 8.37. The molecule has 1 aromatic carbocycles. The van der Waals surface area contributed by atoms with Gasteiger partial charge in [-0.05, 0) is 12.1 Å². The molecule has 0 aliphatic carbocycles. The second-order valence-electron chi connectivity index (χ2n) is 2.93. The summed E-state index contributed by atoms with van der Waals surface area (Å²) in [6, 6.07) is 10.0. The van der Waals surface area contributed by atoms with Gasteiger partial charge in [0.2, 0.25) is 0 Å². The fourth-order valence-corrected chi connectivity index (χ4v) is 1.52. The van der Waals surface area contributed by atoms with Gasteiger partial charge in [-0.1, -0.05) is 43.8 Å². The Kier molecular flexibility index (Phi) is 5.84. The second-order valence-corrected chi connectivity index (χ2v) is 4.05. The maximum Gasteiger partial charge on any atom is 0.0714 e. The fourth-order valence-electron chi connectivity index (χ4n) is 0.733. The molecule has 0 radical (unpaired) electrons. The highest BCUT2D eigenvalue weighted by Gasteiger charge is 2.03. The summed E-state index contributed by atoms with van der Waals surface area (Å²) in [5.41, 5.74) is 0. The molecule has 0 fully saturated rings. The van der Waals surface area contributed by atoms with E-state index in [1.165, 1.54) is 11.8 Å². The average molecular weight is 216 g/mol. The minimum atomic E-state index is 0. The van der Waals surface area contributed by atoms with Gasteiger partial charge < -0.3 is 0 Å². The first-order chi connectivity index (χ1) is 5.70. The van der Waals surface area contributed by atoms with Gasteiger partial charge in [-0.2, -0.15) is 0 Å². The van der Waals surface area contributed by atoms with Gasteiger partial charge >= 0.3 is 0 Å². The van der Waals surface area contributed by atoms with Crippen molar-refractivity contribution in [3.8, 4) is 0 Å². The highest BCUT2D eigenvalue weighted by Crippen LogP contribution is 2.21. The quantitative estimate of drug-likeness (QED) is 0.453. The first kappa shape index (κ1) is 12.5. The molecule has 0 aliphatic rings. The van der Waals surface area contributed by atoms with E-state index in [2.05, 4.69) is 0 Å². The van der Waals surface area contributed by atoms with Crippen molar-refractivity contribution in [1.29, 1.82) is 5.41 Å². The van der Waals surface area contributed by atoms with Gasteiger partial charge in [-0.15, -0.1) is 12.4 Å². The largest absolute Gasteiger partial charge is 0.298 e. The van der Waals surface area contributed by atoms with Crippen LogP contribution in [0.15, 0.2) is 35.2 Å². The number of halogens is 1. The van der Waals surface area contributed by atoms with Crippen molar-refractivity contribution < 1.29 is 0 Å². The van der Waals surface area contributed by atoms with E-state index < -0.39 is 0 Å². The molecule has 0 saturated carbocycles. The second kappa shape index (κ2) is 6.06. The summed E-state index contributed by atoms with van der Waals surface area (Å²) < 4.78 is 0. The number of hydrogen-bond donors (Lipinski definition) is 1. The predicted octanol–water partition coefficient (Wildman–Crippen LogP) is 3.83. The molecule has 13 heavy (non-hydrogen) atoms. The zero-order valence-corrected chi connectivity index (χ0v) is 9.41. The smallest absolute Gasteiger partial charge is 0.0714 e. The molecule has 0 bridgehead atoms. The molecule has 0 amide bonds. The van der Waals surface area contributed by atoms with Crippen LogP contribution < -0.4 is 0 Å². The van der Waals surface area contributed by atoms with Crippen LogP contribution in [0.25, 0.3) is 0 Å². The molecule has 0 aliphatic heterocycles. The molecule has 1 N–H and O–H groups in total. The van der Waals surface area contributed by atoms with Crippen LogP contribution in [0.5, 0.6) is 0 Å². The van der Waals surface area contributed by atoms with Crippen molar-refractivity contribution in [3.05, 3.63) is 30.3 Å². The molecule has 0 heterocycles. The van der Waals surface area contributed by atoms with E-state index in [0.717, 1.165) is 9.94 Å². The summed E-state index contributed by atoms with van der Waals surface area (Å²) in [6.07, 6.45) is 0. The van der Waals surface area contributed by atoms with Crippen molar-refractivity contribution in [2.45, 2.75) is 18.7 Å². The molecule has 0 spiro atoms. The van der Waals surface area contributed by atoms with Gasteiger partial charge in [0.1, 0.15) is 0 Å². The van der Waals surface area contributed by atoms with Gasteiger partial charge in [0, 0.05) is 10.8 Å². The molecule has 1 aromatic rings. The van der Waals surface area contributed by atoms with Crippen LogP contribution in [-0.4, -0.2) is 5.04 Å². The average Bonchev–Trinajstić information content (AvgIpc) is 2.06. The molecule has 0 saturated heterocycles. The zero-order chi connectivity index (χ0) is 8.97. The van der Waals surface area contributed by atoms with Crippen molar-refractivity contribution in [2.75, 3.05) is 0 Å². The fraction of sp³-hybridized carbons (Fsp3) is 0.300. The van der Waals surface area contributed by atoms with Gasteiger partial charge in [-0.3, -0.25) is 5.41 Å². The lowest BCUT2D eigenvalue weighted by Gasteiger charge is -2.05. The van der Waals surface area contributed by atoms with Crippen LogP contribution in [0.3, 0.4) is 0 Å². The Bertz CT molecular complexity index is 259. The summed E-state index contributed by atoms with van der Waals surface area (Å²) >= 11 is 1.53. The highest BCUT2D eigenvalue weighted by molar-refractivity contribution is 8.13. The Morgan fingerprint density at radius 3 is 2.23 bits per heavy atom. The van der Waals surface area contributed by atoms with E-state index in [1.807, 2.05) is 44.2 Å². The molecular formula is C10H14ClNS. The molecule has 1 rings (SSSR count). The van der Waals surface area contributed by atoms with Crippen LogP contribution in [0, 0.1) is 11.3 Å². The number of rotatable bonds is 2. The summed E-state index contributed by atoms with van der Waals surface area (Å²) in [7, 11) is 0. The first-order valence-corrected chi connectivity index (χ1v) is 4.83. The summed E-state index contributed by atoms with van der Waals surface area (Å²) in [6.45, 7) is 4.08. The Balaban J connectivity index is 0.00000144. The normalized spacial score (nSPS) is 9.46. The minimum absolute atomic E-state index is 0. The van der Waals surface area contributed by atoms with Gasteiger partial charge in [-0.25, -0.2) is 0 Å². The van der Waals surface area contributed by atoms with E-state index in [0.29, 0.717) is 5.92 Å². The first-order valence-electron chi connectivity index (χ1n) is 4.01. The maximum atomic E-state index is 7.64. The number of hydrogen-bond acceptors (Lipinski definition) is 2. The van der Waals surface area contributed by atoms with Crippen LogP contribution in [0.1, 0.15) is 13.8 Å². The number of thioether (sulfide) groups is 1. The molecule has 3 heteroatoms. The number of nitrogens with one attached hydrogen (secondary N) is 1. The lowest BCUT2D eigenvalue weighted by Crippen LogP contribution is -1.99. The Morgan fingerprint density at radius 1 is 1.23 bits per heavy atom. The minimum Gasteiger partial charge on any atom is -0.298 e. The van der Waals surface area contributed by atoms with E-state index in [-0.39, 0.29) is 12.4 Å². The summed E-state index contributed by atoms with van der Waals surface area (Å²) in [4.78, 5) is 1.15. The lowest BCUT2D eigenvalue weighted by molar-refractivity contribution is 0.894. The molecular weight excluding hydrogens is 202 g/mol. The summed E-state index contributed by atoms with van der Waals surface area (Å²) in [5.74, 6) is 0.329. The van der Waals surface area contributed by atoms with Crippen LogP contribution in [-0.2, 0) is 0 Å². The van der Waals surface area contributed by atoms with Gasteiger partial charge in [0.25, 0.3) is 0 Å². The third-order valence-corrected chi connectivity index (χ3v) is 2.69. The predicted molar refractivity (Wildman–Crippen MR) is 62.1 cm³/mol. The molecule has 0 atom stereocenters. The molecule has 0 unspecified atom stereocenters. The van der Waals surface area contributed by atoms with Crippen molar-refractivity contribution in [1.82, 2.24) is 0 Å². The zero-order valence-electron chi connectivity index (χ0n) is 7.78. The molecule has 72 valence electrons. The van der Waals surface area contributed by atoms with Crippen molar-refractivity contribution in [3.63, 3.8) is 0 Å². The monoisotopic (exact) mass is 215 g/mol. The topological polar surface area (TPSA) is 23.9 Å². The van der Waals surface area contributed by atoms with E-state index in [1.54, 1.807) is 0 Å². The van der Waals surface area contributed by atoms with E-state index >= 15 is 0 Å². The molecule has 0 aromatic heterocycles. The van der Waals surface area contributed by atoms with Gasteiger partial charge in [0.05, 0.1) is 5.04 Å². The van der Waals surface area contributed by atoms with Crippen molar-refractivity contribution in [2.24, 2.45) is 5.92 Å². The third kappa shape index (κ3) is 4.34. The number of benzene rings is 1. The van der Waals surface area contributed by atoms with E-state index in [4.69, 9.17) is 5.41 Å².